The van der Waals surface area contributed by atoms with Crippen molar-refractivity contribution in [1.82, 2.24) is 4.90 Å². The Morgan fingerprint density at radius 1 is 1.17 bits per heavy atom. The Hall–Kier alpha value is -2.17. The van der Waals surface area contributed by atoms with E-state index in [1.165, 1.54) is 16.7 Å². The van der Waals surface area contributed by atoms with Gasteiger partial charge in [0.15, 0.2) is 0 Å². The first kappa shape index (κ1) is 15.7. The lowest BCUT2D eigenvalue weighted by Gasteiger charge is -2.15. The van der Waals surface area contributed by atoms with Crippen molar-refractivity contribution in [3.05, 3.63) is 70.3 Å². The molecule has 0 aliphatic carbocycles. The summed E-state index contributed by atoms with van der Waals surface area (Å²) >= 11 is 0. The van der Waals surface area contributed by atoms with Crippen LogP contribution >= 0.6 is 0 Å². The number of nitrogens with zero attached hydrogens (tertiary/aromatic N) is 1. The maximum Gasteiger partial charge on any atom is 0.249 e. The number of ether oxygens (including phenoxy) is 1. The van der Waals surface area contributed by atoms with Crippen molar-refractivity contribution in [2.45, 2.75) is 26.1 Å². The van der Waals surface area contributed by atoms with Crippen LogP contribution in [0.5, 0.6) is 0 Å². The zero-order chi connectivity index (χ0) is 16.4. The molecule has 2 aromatic carbocycles. The van der Waals surface area contributed by atoms with Gasteiger partial charge in [0, 0.05) is 20.2 Å². The van der Waals surface area contributed by atoms with Crippen LogP contribution in [-0.2, 0) is 22.6 Å². The van der Waals surface area contributed by atoms with Gasteiger partial charge in [-0.2, -0.15) is 0 Å². The van der Waals surface area contributed by atoms with E-state index in [4.69, 9.17) is 10.5 Å². The number of methoxy groups -OCH3 is 1. The maximum atomic E-state index is 12.0. The van der Waals surface area contributed by atoms with Gasteiger partial charge in [0.1, 0.15) is 6.61 Å². The molecule has 0 saturated heterocycles. The fourth-order valence-corrected chi connectivity index (χ4v) is 3.06. The number of amides is 1. The molecule has 0 saturated carbocycles. The summed E-state index contributed by atoms with van der Waals surface area (Å²) in [7, 11) is 1.54. The van der Waals surface area contributed by atoms with Gasteiger partial charge < -0.3 is 15.4 Å². The molecule has 4 heteroatoms. The molecule has 2 aromatic rings. The van der Waals surface area contributed by atoms with Crippen molar-refractivity contribution in [3.63, 3.8) is 0 Å². The second-order valence-electron chi connectivity index (χ2n) is 6.10. The summed E-state index contributed by atoms with van der Waals surface area (Å²) in [6.45, 7) is 3.48. The first-order valence-corrected chi connectivity index (χ1v) is 7.79. The number of aryl methyl sites for hydroxylation is 1. The number of fused-ring (bicyclic) bond motifs is 1. The quantitative estimate of drug-likeness (QED) is 0.944. The van der Waals surface area contributed by atoms with Gasteiger partial charge in [-0.05, 0) is 29.2 Å². The smallest absolute Gasteiger partial charge is 0.249 e. The molecule has 2 N–H and O–H groups in total. The van der Waals surface area contributed by atoms with Gasteiger partial charge in [-0.15, -0.1) is 0 Å². The van der Waals surface area contributed by atoms with E-state index < -0.39 is 0 Å². The predicted molar refractivity (Wildman–Crippen MR) is 89.8 cm³/mol. The number of nitrogens with two attached hydrogens (primary N) is 1. The van der Waals surface area contributed by atoms with Crippen LogP contribution in [0.4, 0.5) is 0 Å². The molecule has 3 rings (SSSR count). The molecule has 120 valence electrons. The highest BCUT2D eigenvalue weighted by atomic mass is 16.5. The Bertz CT molecular complexity index is 727. The molecule has 1 heterocycles. The predicted octanol–water partition coefficient (Wildman–Crippen LogP) is 2.53. The topological polar surface area (TPSA) is 55.6 Å². The van der Waals surface area contributed by atoms with Crippen molar-refractivity contribution in [1.29, 1.82) is 0 Å². The Labute approximate surface area is 136 Å². The molecule has 0 aromatic heterocycles. The monoisotopic (exact) mass is 310 g/mol. The zero-order valence-corrected chi connectivity index (χ0v) is 13.6. The first-order chi connectivity index (χ1) is 11.1. The minimum Gasteiger partial charge on any atom is -0.375 e. The molecule has 4 nitrogen and oxygen atoms in total. The number of carbonyl (C=O) groups is 1. The summed E-state index contributed by atoms with van der Waals surface area (Å²) < 4.78 is 4.93. The molecule has 0 spiro atoms. The van der Waals surface area contributed by atoms with Crippen molar-refractivity contribution in [3.8, 4) is 0 Å². The average Bonchev–Trinajstić information content (AvgIpc) is 2.97. The van der Waals surface area contributed by atoms with Crippen molar-refractivity contribution >= 4 is 5.91 Å². The van der Waals surface area contributed by atoms with Crippen LogP contribution in [0.25, 0.3) is 0 Å². The van der Waals surface area contributed by atoms with Gasteiger partial charge in [0.05, 0.1) is 6.04 Å². The minimum atomic E-state index is -0.149. The third-order valence-electron chi connectivity index (χ3n) is 4.33. The van der Waals surface area contributed by atoms with Crippen LogP contribution < -0.4 is 5.73 Å². The Morgan fingerprint density at radius 3 is 2.65 bits per heavy atom. The fourth-order valence-electron chi connectivity index (χ4n) is 3.06. The van der Waals surface area contributed by atoms with Crippen molar-refractivity contribution < 1.29 is 9.53 Å². The largest absolute Gasteiger partial charge is 0.375 e. The van der Waals surface area contributed by atoms with E-state index in [1.54, 1.807) is 7.11 Å². The van der Waals surface area contributed by atoms with E-state index in [0.717, 1.165) is 11.1 Å². The number of rotatable bonds is 4. The molecule has 1 aliphatic rings. The van der Waals surface area contributed by atoms with Crippen LogP contribution in [-0.4, -0.2) is 24.5 Å². The average molecular weight is 310 g/mol. The highest BCUT2D eigenvalue weighted by Gasteiger charge is 2.24. The molecule has 0 fully saturated rings. The molecular weight excluding hydrogens is 288 g/mol. The molecule has 1 atom stereocenters. The standard InChI is InChI=1S/C19H22N2O2/c1-13-4-3-5-14(8-13)19(20)15-6-7-16-10-21(11-17(16)9-15)18(22)12-23-2/h3-9,19H,10-12,20H2,1-2H3. The van der Waals surface area contributed by atoms with Crippen LogP contribution in [0, 0.1) is 6.92 Å². The van der Waals surface area contributed by atoms with E-state index in [2.05, 4.69) is 43.3 Å². The zero-order valence-electron chi connectivity index (χ0n) is 13.6. The highest BCUT2D eigenvalue weighted by Crippen LogP contribution is 2.28. The minimum absolute atomic E-state index is 0.0215. The Kier molecular flexibility index (Phi) is 4.46. The fraction of sp³-hybridized carbons (Fsp3) is 0.316. The molecule has 23 heavy (non-hydrogen) atoms. The summed E-state index contributed by atoms with van der Waals surface area (Å²) in [5, 5.41) is 0. The van der Waals surface area contributed by atoms with Gasteiger partial charge in [-0.1, -0.05) is 48.0 Å². The van der Waals surface area contributed by atoms with E-state index in [-0.39, 0.29) is 18.6 Å². The number of carbonyl (C=O) groups excluding carboxylic acids is 1. The number of hydrogen-bond donors (Lipinski definition) is 1. The van der Waals surface area contributed by atoms with Gasteiger partial charge in [0.25, 0.3) is 0 Å². The third-order valence-corrected chi connectivity index (χ3v) is 4.33. The van der Waals surface area contributed by atoms with Crippen molar-refractivity contribution in [2.75, 3.05) is 13.7 Å². The maximum absolute atomic E-state index is 12.0. The van der Waals surface area contributed by atoms with Crippen LogP contribution in [0.3, 0.4) is 0 Å². The molecule has 1 aliphatic heterocycles. The highest BCUT2D eigenvalue weighted by molar-refractivity contribution is 5.78. The summed E-state index contributed by atoms with van der Waals surface area (Å²) in [6.07, 6.45) is 0. The van der Waals surface area contributed by atoms with Crippen LogP contribution in [0.2, 0.25) is 0 Å². The molecule has 1 amide bonds. The third kappa shape index (κ3) is 3.28. The molecular formula is C19H22N2O2. The van der Waals surface area contributed by atoms with Gasteiger partial charge in [-0.3, -0.25) is 4.79 Å². The van der Waals surface area contributed by atoms with Crippen LogP contribution in [0.15, 0.2) is 42.5 Å². The normalized spacial score (nSPS) is 14.7. The lowest BCUT2D eigenvalue weighted by molar-refractivity contribution is -0.135. The Balaban J connectivity index is 1.81. The van der Waals surface area contributed by atoms with E-state index in [9.17, 15) is 4.79 Å². The van der Waals surface area contributed by atoms with E-state index in [1.807, 2.05) is 11.0 Å². The molecule has 0 radical (unpaired) electrons. The van der Waals surface area contributed by atoms with Crippen molar-refractivity contribution in [2.24, 2.45) is 5.73 Å². The number of benzene rings is 2. The lowest BCUT2D eigenvalue weighted by Crippen LogP contribution is -2.28. The number of hydrogen-bond acceptors (Lipinski definition) is 3. The van der Waals surface area contributed by atoms with Gasteiger partial charge in [-0.25, -0.2) is 0 Å². The van der Waals surface area contributed by atoms with Gasteiger partial charge in [0.2, 0.25) is 5.91 Å². The molecule has 0 bridgehead atoms. The van der Waals surface area contributed by atoms with Crippen LogP contribution in [0.1, 0.15) is 33.9 Å². The SMILES string of the molecule is COCC(=O)N1Cc2ccc(C(N)c3cccc(C)c3)cc2C1. The summed E-state index contributed by atoms with van der Waals surface area (Å²) in [6, 6.07) is 14.4. The van der Waals surface area contributed by atoms with E-state index >= 15 is 0 Å². The Morgan fingerprint density at radius 2 is 1.91 bits per heavy atom. The lowest BCUT2D eigenvalue weighted by atomic mass is 9.95. The summed E-state index contributed by atoms with van der Waals surface area (Å²) in [5.41, 5.74) is 12.2. The second-order valence-corrected chi connectivity index (χ2v) is 6.10. The first-order valence-electron chi connectivity index (χ1n) is 7.79. The van der Waals surface area contributed by atoms with Gasteiger partial charge >= 0.3 is 0 Å². The van der Waals surface area contributed by atoms with E-state index in [0.29, 0.717) is 13.1 Å². The summed E-state index contributed by atoms with van der Waals surface area (Å²) in [4.78, 5) is 13.8. The second kappa shape index (κ2) is 6.52. The molecule has 1 unspecified atom stereocenters. The summed E-state index contributed by atoms with van der Waals surface area (Å²) in [5.74, 6) is 0.0215.